The first-order valence-electron chi connectivity index (χ1n) is 4.53. The normalized spacial score (nSPS) is 9.73. The second kappa shape index (κ2) is 5.45. The molecule has 1 amide bonds. The molecule has 82 valence electrons. The van der Waals surface area contributed by atoms with Crippen molar-refractivity contribution in [2.24, 2.45) is 0 Å². The third kappa shape index (κ3) is 3.67. The molecule has 0 atom stereocenters. The monoisotopic (exact) mass is 228 g/mol. The Kier molecular flexibility index (Phi) is 4.23. The Hall–Kier alpha value is -1.43. The number of esters is 1. The van der Waals surface area contributed by atoms with E-state index in [1.807, 2.05) is 6.92 Å². The third-order valence-corrected chi connectivity index (χ3v) is 2.19. The minimum atomic E-state index is -0.454. The molecule has 15 heavy (non-hydrogen) atoms. The summed E-state index contributed by atoms with van der Waals surface area (Å²) in [5.41, 5.74) is 0.234. The summed E-state index contributed by atoms with van der Waals surface area (Å²) in [6, 6.07) is 0. The number of nitrogens with one attached hydrogen (secondary N) is 1. The quantitative estimate of drug-likeness (QED) is 0.796. The van der Waals surface area contributed by atoms with Crippen LogP contribution in [0.1, 0.15) is 30.8 Å². The predicted octanol–water partition coefficient (Wildman–Crippen LogP) is 1.67. The molecule has 0 aliphatic carbocycles. The molecular weight excluding hydrogens is 216 g/mol. The van der Waals surface area contributed by atoms with Crippen LogP contribution in [0, 0.1) is 0 Å². The van der Waals surface area contributed by atoms with E-state index in [1.165, 1.54) is 18.3 Å². The molecule has 0 unspecified atom stereocenters. The zero-order chi connectivity index (χ0) is 11.3. The highest BCUT2D eigenvalue weighted by Crippen LogP contribution is 2.15. The van der Waals surface area contributed by atoms with Gasteiger partial charge in [0.2, 0.25) is 5.91 Å². The van der Waals surface area contributed by atoms with E-state index in [2.05, 4.69) is 10.3 Å². The molecule has 1 aromatic heterocycles. The Labute approximate surface area is 91.5 Å². The van der Waals surface area contributed by atoms with Crippen LogP contribution in [0.2, 0.25) is 0 Å². The first-order valence-corrected chi connectivity index (χ1v) is 5.41. The number of ether oxygens (including phenoxy) is 1. The van der Waals surface area contributed by atoms with Crippen molar-refractivity contribution in [1.82, 2.24) is 4.98 Å². The van der Waals surface area contributed by atoms with Gasteiger partial charge in [0.25, 0.3) is 0 Å². The van der Waals surface area contributed by atoms with E-state index in [9.17, 15) is 9.59 Å². The molecule has 1 N–H and O–H groups in total. The van der Waals surface area contributed by atoms with E-state index in [-0.39, 0.29) is 11.6 Å². The van der Waals surface area contributed by atoms with Gasteiger partial charge in [-0.25, -0.2) is 9.78 Å². The highest BCUT2D eigenvalue weighted by atomic mass is 32.1. The smallest absolute Gasteiger partial charge is 0.357 e. The average Bonchev–Trinajstić information content (AvgIpc) is 2.61. The fraction of sp³-hybridized carbons (Fsp3) is 0.444. The summed E-state index contributed by atoms with van der Waals surface area (Å²) < 4.78 is 4.89. The van der Waals surface area contributed by atoms with Crippen LogP contribution in [-0.2, 0) is 9.53 Å². The molecule has 0 fully saturated rings. The van der Waals surface area contributed by atoms with E-state index in [0.29, 0.717) is 11.7 Å². The van der Waals surface area contributed by atoms with Crippen LogP contribution in [0.5, 0.6) is 0 Å². The second-order valence-electron chi connectivity index (χ2n) is 2.86. The van der Waals surface area contributed by atoms with Gasteiger partial charge in [-0.3, -0.25) is 4.79 Å². The number of thiazole rings is 1. The lowest BCUT2D eigenvalue weighted by Crippen LogP contribution is -2.08. The number of nitrogens with zero attached hydrogens (tertiary/aromatic N) is 1. The number of amides is 1. The number of aromatic nitrogens is 1. The van der Waals surface area contributed by atoms with Crippen molar-refractivity contribution in [3.05, 3.63) is 11.1 Å². The maximum absolute atomic E-state index is 11.3. The Bertz CT molecular complexity index is 362. The maximum Gasteiger partial charge on any atom is 0.357 e. The number of hydrogen-bond donors (Lipinski definition) is 1. The first-order chi connectivity index (χ1) is 7.13. The van der Waals surface area contributed by atoms with Crippen molar-refractivity contribution in [3.8, 4) is 0 Å². The van der Waals surface area contributed by atoms with Crippen LogP contribution in [0.4, 0.5) is 5.13 Å². The Morgan fingerprint density at radius 3 is 2.93 bits per heavy atom. The van der Waals surface area contributed by atoms with Gasteiger partial charge in [0.15, 0.2) is 10.8 Å². The highest BCUT2D eigenvalue weighted by Gasteiger charge is 2.11. The van der Waals surface area contributed by atoms with E-state index in [1.54, 1.807) is 5.38 Å². The van der Waals surface area contributed by atoms with Gasteiger partial charge in [0.1, 0.15) is 0 Å². The number of rotatable bonds is 4. The Morgan fingerprint density at radius 1 is 1.60 bits per heavy atom. The van der Waals surface area contributed by atoms with Crippen molar-refractivity contribution < 1.29 is 14.3 Å². The van der Waals surface area contributed by atoms with Gasteiger partial charge in [0, 0.05) is 12.3 Å². The van der Waals surface area contributed by atoms with E-state index < -0.39 is 5.97 Å². The van der Waals surface area contributed by atoms with Gasteiger partial charge in [-0.05, 0) is 6.42 Å². The van der Waals surface area contributed by atoms with Gasteiger partial charge in [-0.15, -0.1) is 11.3 Å². The molecule has 6 heteroatoms. The second-order valence-corrected chi connectivity index (χ2v) is 3.71. The zero-order valence-corrected chi connectivity index (χ0v) is 9.39. The summed E-state index contributed by atoms with van der Waals surface area (Å²) >= 11 is 1.20. The number of anilines is 1. The van der Waals surface area contributed by atoms with Crippen molar-refractivity contribution >= 4 is 28.3 Å². The lowest BCUT2D eigenvalue weighted by molar-refractivity contribution is -0.114. The Balaban J connectivity index is 2.59. The van der Waals surface area contributed by atoms with Crippen LogP contribution in [0.25, 0.3) is 0 Å². The molecule has 0 aliphatic heterocycles. The lowest BCUT2D eigenvalue weighted by Gasteiger charge is -1.98. The molecule has 0 bridgehead atoms. The molecule has 0 spiro atoms. The minimum Gasteiger partial charge on any atom is -0.461 e. The zero-order valence-electron chi connectivity index (χ0n) is 8.57. The Morgan fingerprint density at radius 2 is 2.33 bits per heavy atom. The average molecular weight is 228 g/mol. The molecular formula is C9H12N2O3S. The summed E-state index contributed by atoms with van der Waals surface area (Å²) in [6.07, 6.45) is 0.772. The summed E-state index contributed by atoms with van der Waals surface area (Å²) in [5.74, 6) is -0.664. The van der Waals surface area contributed by atoms with Crippen LogP contribution in [0.15, 0.2) is 5.38 Å². The molecule has 1 heterocycles. The maximum atomic E-state index is 11.3. The largest absolute Gasteiger partial charge is 0.461 e. The van der Waals surface area contributed by atoms with Crippen LogP contribution in [-0.4, -0.2) is 23.5 Å². The van der Waals surface area contributed by atoms with E-state index in [0.717, 1.165) is 6.42 Å². The molecule has 1 aromatic rings. The molecule has 0 saturated heterocycles. The van der Waals surface area contributed by atoms with Crippen LogP contribution >= 0.6 is 11.3 Å². The summed E-state index contributed by atoms with van der Waals surface area (Å²) in [7, 11) is 0. The van der Waals surface area contributed by atoms with Gasteiger partial charge in [-0.1, -0.05) is 6.92 Å². The van der Waals surface area contributed by atoms with Crippen LogP contribution in [0.3, 0.4) is 0 Å². The molecule has 1 rings (SSSR count). The fourth-order valence-corrected chi connectivity index (χ4v) is 1.57. The van der Waals surface area contributed by atoms with Crippen molar-refractivity contribution in [2.45, 2.75) is 20.3 Å². The predicted molar refractivity (Wildman–Crippen MR) is 57.0 cm³/mol. The molecule has 0 aromatic carbocycles. The summed E-state index contributed by atoms with van der Waals surface area (Å²) in [6.45, 7) is 3.68. The van der Waals surface area contributed by atoms with Gasteiger partial charge >= 0.3 is 5.97 Å². The SMILES string of the molecule is CCCOC(=O)c1csc(NC(C)=O)n1. The van der Waals surface area contributed by atoms with Crippen molar-refractivity contribution in [3.63, 3.8) is 0 Å². The van der Waals surface area contributed by atoms with E-state index >= 15 is 0 Å². The van der Waals surface area contributed by atoms with Crippen LogP contribution < -0.4 is 5.32 Å². The highest BCUT2D eigenvalue weighted by molar-refractivity contribution is 7.14. The standard InChI is InChI=1S/C9H12N2O3S/c1-3-4-14-8(13)7-5-15-9(11-7)10-6(2)12/h5H,3-4H2,1-2H3,(H,10,11,12). The van der Waals surface area contributed by atoms with Gasteiger partial charge in [0.05, 0.1) is 6.61 Å². The molecule has 0 radical (unpaired) electrons. The molecule has 0 saturated carbocycles. The van der Waals surface area contributed by atoms with Gasteiger partial charge < -0.3 is 10.1 Å². The number of hydrogen-bond acceptors (Lipinski definition) is 5. The van der Waals surface area contributed by atoms with Crippen molar-refractivity contribution in [1.29, 1.82) is 0 Å². The lowest BCUT2D eigenvalue weighted by atomic mass is 10.5. The topological polar surface area (TPSA) is 68.3 Å². The van der Waals surface area contributed by atoms with Gasteiger partial charge in [-0.2, -0.15) is 0 Å². The summed E-state index contributed by atoms with van der Waals surface area (Å²) in [5, 5.41) is 4.46. The third-order valence-electron chi connectivity index (χ3n) is 1.43. The summed E-state index contributed by atoms with van der Waals surface area (Å²) in [4.78, 5) is 25.9. The minimum absolute atomic E-state index is 0.210. The van der Waals surface area contributed by atoms with E-state index in [4.69, 9.17) is 4.74 Å². The first kappa shape index (κ1) is 11.6. The fourth-order valence-electron chi connectivity index (χ4n) is 0.844. The number of carbonyl (C=O) groups is 2. The number of carbonyl (C=O) groups excluding carboxylic acids is 2. The molecule has 5 nitrogen and oxygen atoms in total. The van der Waals surface area contributed by atoms with Crippen molar-refractivity contribution in [2.75, 3.05) is 11.9 Å². The molecule has 0 aliphatic rings.